The molecular weight excluding hydrogens is 278 g/mol. The molecule has 2 rings (SSSR count). The third kappa shape index (κ3) is 2.33. The zero-order valence-electron chi connectivity index (χ0n) is 10.6. The number of anilines is 1. The lowest BCUT2D eigenvalue weighted by Crippen LogP contribution is -2.38. The Morgan fingerprint density at radius 3 is 2.60 bits per heavy atom. The Kier molecular flexibility index (Phi) is 3.41. The summed E-state index contributed by atoms with van der Waals surface area (Å²) in [6.45, 7) is 3.09. The molecule has 0 aliphatic carbocycles. The molecule has 1 aromatic carbocycles. The van der Waals surface area contributed by atoms with Crippen LogP contribution < -0.4 is 5.32 Å². The van der Waals surface area contributed by atoms with Gasteiger partial charge in [-0.3, -0.25) is 0 Å². The average molecular weight is 289 g/mol. The first-order chi connectivity index (χ1) is 9.25. The van der Waals surface area contributed by atoms with Gasteiger partial charge in [0, 0.05) is 11.8 Å². The molecule has 108 valence electrons. The van der Waals surface area contributed by atoms with Gasteiger partial charge in [-0.2, -0.15) is 18.3 Å². The molecule has 0 saturated carbocycles. The van der Waals surface area contributed by atoms with E-state index in [1.165, 1.54) is 13.1 Å². The minimum absolute atomic E-state index is 0.0237. The van der Waals surface area contributed by atoms with Crippen LogP contribution >= 0.6 is 0 Å². The van der Waals surface area contributed by atoms with Crippen molar-refractivity contribution in [2.75, 3.05) is 5.32 Å². The molecule has 0 bridgehead atoms. The second-order valence-corrected chi connectivity index (χ2v) is 4.24. The van der Waals surface area contributed by atoms with Gasteiger partial charge in [-0.1, -0.05) is 0 Å². The highest BCUT2D eigenvalue weighted by Crippen LogP contribution is 2.39. The molecule has 0 saturated heterocycles. The number of alkyl halides is 3. The summed E-state index contributed by atoms with van der Waals surface area (Å²) in [5.74, 6) is -1.42. The normalized spacial score (nSPS) is 19.2. The van der Waals surface area contributed by atoms with Crippen LogP contribution in [0, 0.1) is 5.82 Å². The number of fused-ring (bicyclic) bond motifs is 1. The van der Waals surface area contributed by atoms with E-state index in [2.05, 4.69) is 10.4 Å². The molecule has 0 radical (unpaired) electrons. The third-order valence-electron chi connectivity index (χ3n) is 2.95. The van der Waals surface area contributed by atoms with Crippen molar-refractivity contribution in [1.29, 1.82) is 0 Å². The lowest BCUT2D eigenvalue weighted by molar-refractivity contribution is -0.140. The van der Waals surface area contributed by atoms with E-state index in [1.807, 2.05) is 0 Å². The number of urea groups is 1. The number of hydrogen-bond acceptors (Lipinski definition) is 2. The Morgan fingerprint density at radius 1 is 1.40 bits per heavy atom. The molecule has 1 aliphatic rings. The van der Waals surface area contributed by atoms with Crippen LogP contribution in [0.5, 0.6) is 0 Å². The fraction of sp³-hybridized carbons (Fsp3) is 0.333. The number of nitrogens with one attached hydrogen (secondary N) is 1. The highest BCUT2D eigenvalue weighted by atomic mass is 19.4. The quantitative estimate of drug-likeness (QED) is 0.621. The fourth-order valence-electron chi connectivity index (χ4n) is 2.02. The molecule has 0 aromatic heterocycles. The summed E-state index contributed by atoms with van der Waals surface area (Å²) in [5, 5.41) is 7.09. The van der Waals surface area contributed by atoms with Crippen LogP contribution in [0.4, 0.5) is 28.0 Å². The first-order valence-corrected chi connectivity index (χ1v) is 5.75. The number of carbonyl (C=O) groups excluding carboxylic acids is 1. The minimum atomic E-state index is -4.79. The van der Waals surface area contributed by atoms with Crippen LogP contribution in [0.1, 0.15) is 31.0 Å². The van der Waals surface area contributed by atoms with Crippen LogP contribution in [0.15, 0.2) is 17.2 Å². The van der Waals surface area contributed by atoms with Gasteiger partial charge in [-0.25, -0.2) is 14.2 Å². The molecule has 1 unspecified atom stereocenters. The molecular formula is C12H11F4N3O. The van der Waals surface area contributed by atoms with Crippen LogP contribution in [0.3, 0.4) is 0 Å². The molecule has 2 amide bonds. The van der Waals surface area contributed by atoms with E-state index < -0.39 is 29.6 Å². The van der Waals surface area contributed by atoms with E-state index in [0.717, 1.165) is 5.01 Å². The van der Waals surface area contributed by atoms with Gasteiger partial charge in [0.1, 0.15) is 5.82 Å². The SMILES string of the molecule is C/C=N\N1C(=O)Nc2cc(F)c(C(F)(F)F)cc2C1C. The molecule has 1 atom stereocenters. The Bertz CT molecular complexity index is 583. The van der Waals surface area contributed by atoms with Crippen molar-refractivity contribution in [2.24, 2.45) is 5.10 Å². The summed E-state index contributed by atoms with van der Waals surface area (Å²) >= 11 is 0. The van der Waals surface area contributed by atoms with Gasteiger partial charge in [0.05, 0.1) is 17.3 Å². The molecule has 1 aromatic rings. The van der Waals surface area contributed by atoms with E-state index in [-0.39, 0.29) is 11.3 Å². The number of nitrogens with zero attached hydrogens (tertiary/aromatic N) is 2. The maximum Gasteiger partial charge on any atom is 0.419 e. The largest absolute Gasteiger partial charge is 0.419 e. The second-order valence-electron chi connectivity index (χ2n) is 4.24. The zero-order valence-corrected chi connectivity index (χ0v) is 10.6. The molecule has 1 aliphatic heterocycles. The van der Waals surface area contributed by atoms with Crippen molar-refractivity contribution in [3.8, 4) is 0 Å². The maximum atomic E-state index is 13.5. The van der Waals surface area contributed by atoms with Crippen LogP contribution in [-0.4, -0.2) is 17.3 Å². The lowest BCUT2D eigenvalue weighted by atomic mass is 10.00. The van der Waals surface area contributed by atoms with Crippen LogP contribution in [0.2, 0.25) is 0 Å². The highest BCUT2D eigenvalue weighted by Gasteiger charge is 2.38. The van der Waals surface area contributed by atoms with Gasteiger partial charge < -0.3 is 5.32 Å². The standard InChI is InChI=1S/C12H11F4N3O/c1-3-17-19-6(2)7-4-8(12(14,15)16)9(13)5-10(7)18-11(19)20/h3-6H,1-2H3,(H,18,20)/b17-3-. The smallest absolute Gasteiger partial charge is 0.306 e. The van der Waals surface area contributed by atoms with Crippen LogP contribution in [0.25, 0.3) is 0 Å². The summed E-state index contributed by atoms with van der Waals surface area (Å²) in [5.41, 5.74) is -1.18. The van der Waals surface area contributed by atoms with Crippen molar-refractivity contribution >= 4 is 17.9 Å². The first kappa shape index (κ1) is 14.3. The highest BCUT2D eigenvalue weighted by molar-refractivity contribution is 5.93. The number of hydrogen-bond donors (Lipinski definition) is 1. The first-order valence-electron chi connectivity index (χ1n) is 5.75. The maximum absolute atomic E-state index is 13.5. The number of benzene rings is 1. The van der Waals surface area contributed by atoms with E-state index in [4.69, 9.17) is 0 Å². The summed E-state index contributed by atoms with van der Waals surface area (Å²) in [6, 6.07) is 0.0332. The minimum Gasteiger partial charge on any atom is -0.306 e. The molecule has 1 N–H and O–H groups in total. The Hall–Kier alpha value is -2.12. The van der Waals surface area contributed by atoms with Gasteiger partial charge in [0.25, 0.3) is 0 Å². The third-order valence-corrected chi connectivity index (χ3v) is 2.95. The summed E-state index contributed by atoms with van der Waals surface area (Å²) < 4.78 is 51.5. The van der Waals surface area contributed by atoms with Crippen molar-refractivity contribution < 1.29 is 22.4 Å². The summed E-state index contributed by atoms with van der Waals surface area (Å²) in [4.78, 5) is 11.7. The number of halogens is 4. The fourth-order valence-corrected chi connectivity index (χ4v) is 2.02. The van der Waals surface area contributed by atoms with Gasteiger partial charge in [-0.15, -0.1) is 0 Å². The van der Waals surface area contributed by atoms with Gasteiger partial charge in [-0.05, 0) is 26.0 Å². The van der Waals surface area contributed by atoms with Crippen molar-refractivity contribution in [2.45, 2.75) is 26.1 Å². The zero-order chi connectivity index (χ0) is 15.1. The Labute approximate surface area is 112 Å². The topological polar surface area (TPSA) is 44.7 Å². The van der Waals surface area contributed by atoms with E-state index in [9.17, 15) is 22.4 Å². The van der Waals surface area contributed by atoms with Gasteiger partial charge in [0.2, 0.25) is 0 Å². The predicted octanol–water partition coefficient (Wildman–Crippen LogP) is 3.76. The number of rotatable bonds is 1. The molecule has 20 heavy (non-hydrogen) atoms. The van der Waals surface area contributed by atoms with Crippen molar-refractivity contribution in [3.63, 3.8) is 0 Å². The monoisotopic (exact) mass is 289 g/mol. The van der Waals surface area contributed by atoms with E-state index >= 15 is 0 Å². The second kappa shape index (κ2) is 4.77. The van der Waals surface area contributed by atoms with E-state index in [1.54, 1.807) is 6.92 Å². The van der Waals surface area contributed by atoms with E-state index in [0.29, 0.717) is 12.1 Å². The Balaban J connectivity index is 2.56. The van der Waals surface area contributed by atoms with Crippen LogP contribution in [-0.2, 0) is 6.18 Å². The van der Waals surface area contributed by atoms with Gasteiger partial charge in [0.15, 0.2) is 0 Å². The molecule has 0 fully saturated rings. The number of hydrazone groups is 1. The predicted molar refractivity (Wildman–Crippen MR) is 64.8 cm³/mol. The lowest BCUT2D eigenvalue weighted by Gasteiger charge is -2.32. The molecule has 0 spiro atoms. The van der Waals surface area contributed by atoms with Crippen molar-refractivity contribution in [3.05, 3.63) is 29.1 Å². The summed E-state index contributed by atoms with van der Waals surface area (Å²) in [6.07, 6.45) is -3.45. The molecule has 8 heteroatoms. The number of carbonyl (C=O) groups is 1. The number of amides is 2. The van der Waals surface area contributed by atoms with Crippen molar-refractivity contribution in [1.82, 2.24) is 5.01 Å². The van der Waals surface area contributed by atoms with Gasteiger partial charge >= 0.3 is 12.2 Å². The molecule has 1 heterocycles. The summed E-state index contributed by atoms with van der Waals surface area (Å²) in [7, 11) is 0. The average Bonchev–Trinajstić information content (AvgIpc) is 2.32. The molecule has 4 nitrogen and oxygen atoms in total. The Morgan fingerprint density at radius 2 is 2.05 bits per heavy atom.